The predicted molar refractivity (Wildman–Crippen MR) is 263 cm³/mol. The van der Waals surface area contributed by atoms with Gasteiger partial charge in [-0.1, -0.05) is 152 Å². The summed E-state index contributed by atoms with van der Waals surface area (Å²) in [6.07, 6.45) is 0. The molecule has 0 bridgehead atoms. The predicted octanol–water partition coefficient (Wildman–Crippen LogP) is 14.6. The van der Waals surface area contributed by atoms with E-state index in [2.05, 4.69) is 232 Å². The van der Waals surface area contributed by atoms with Gasteiger partial charge in [-0.05, 0) is 82.9 Å². The molecule has 0 radical (unpaired) electrons. The minimum Gasteiger partial charge on any atom is -0.309 e. The van der Waals surface area contributed by atoms with Crippen molar-refractivity contribution in [3.8, 4) is 39.7 Å². The molecule has 0 saturated heterocycles. The standard InChI is InChI=1S/C59H37N5/c1-3-24-45-38(17-1)39-18-2-4-25-46(39)58(45)49-36-57(64-53-30-14-7-21-42(53)43-22-8-15-31-54(43)64)61-59(60-49)47-26-10-16-32-55(47)63-52-29-13-9-23-44(52)48-35-37(33-34-56(48)63)62-50-27-11-5-19-40(50)41-20-6-12-28-51(41)62/h1-36,58H. The van der Waals surface area contributed by atoms with Crippen LogP contribution in [0.4, 0.5) is 0 Å². The molecule has 5 nitrogen and oxygen atoms in total. The van der Waals surface area contributed by atoms with Crippen molar-refractivity contribution in [2.24, 2.45) is 0 Å². The lowest BCUT2D eigenvalue weighted by Gasteiger charge is -2.19. The summed E-state index contributed by atoms with van der Waals surface area (Å²) in [6, 6.07) is 78.9. The maximum Gasteiger partial charge on any atom is 0.163 e. The van der Waals surface area contributed by atoms with Gasteiger partial charge in [-0.25, -0.2) is 9.97 Å². The molecule has 4 aromatic heterocycles. The molecule has 0 aliphatic heterocycles. The van der Waals surface area contributed by atoms with Gasteiger partial charge in [0.15, 0.2) is 5.82 Å². The fraction of sp³-hybridized carbons (Fsp3) is 0.0169. The topological polar surface area (TPSA) is 40.6 Å². The minimum absolute atomic E-state index is 0.0688. The Kier molecular flexibility index (Phi) is 7.39. The molecule has 0 unspecified atom stereocenters. The molecule has 4 heterocycles. The minimum atomic E-state index is -0.0688. The highest BCUT2D eigenvalue weighted by Crippen LogP contribution is 2.48. The van der Waals surface area contributed by atoms with Crippen molar-refractivity contribution >= 4 is 65.4 Å². The number of benzene rings is 9. The second-order valence-electron chi connectivity index (χ2n) is 16.9. The van der Waals surface area contributed by atoms with E-state index < -0.39 is 0 Å². The normalized spacial score (nSPS) is 12.6. The smallest absolute Gasteiger partial charge is 0.163 e. The van der Waals surface area contributed by atoms with Crippen molar-refractivity contribution in [2.45, 2.75) is 5.92 Å². The molecule has 298 valence electrons. The Hall–Kier alpha value is -8.54. The molecule has 0 N–H and O–H groups in total. The zero-order valence-electron chi connectivity index (χ0n) is 34.6. The van der Waals surface area contributed by atoms with E-state index in [0.717, 1.165) is 50.5 Å². The van der Waals surface area contributed by atoms with E-state index in [-0.39, 0.29) is 5.92 Å². The highest BCUT2D eigenvalue weighted by molar-refractivity contribution is 6.13. The largest absolute Gasteiger partial charge is 0.309 e. The van der Waals surface area contributed by atoms with Gasteiger partial charge in [-0.2, -0.15) is 0 Å². The third-order valence-electron chi connectivity index (χ3n) is 13.6. The van der Waals surface area contributed by atoms with Crippen LogP contribution < -0.4 is 0 Å². The fourth-order valence-corrected chi connectivity index (χ4v) is 10.9. The average molecular weight is 816 g/mol. The average Bonchev–Trinajstić information content (AvgIpc) is 4.09. The van der Waals surface area contributed by atoms with Crippen molar-refractivity contribution in [3.05, 3.63) is 235 Å². The number of hydrogen-bond acceptors (Lipinski definition) is 2. The zero-order chi connectivity index (χ0) is 41.9. The van der Waals surface area contributed by atoms with Crippen LogP contribution in [0.1, 0.15) is 22.7 Å². The number of aromatic nitrogens is 5. The molecule has 1 aliphatic rings. The van der Waals surface area contributed by atoms with E-state index in [0.29, 0.717) is 5.82 Å². The molecule has 0 fully saturated rings. The van der Waals surface area contributed by atoms with Gasteiger partial charge in [0.25, 0.3) is 0 Å². The summed E-state index contributed by atoms with van der Waals surface area (Å²) in [5.41, 5.74) is 16.0. The zero-order valence-corrected chi connectivity index (χ0v) is 34.6. The summed E-state index contributed by atoms with van der Waals surface area (Å²) in [5.74, 6) is 1.45. The fourth-order valence-electron chi connectivity index (χ4n) is 10.9. The summed E-state index contributed by atoms with van der Waals surface area (Å²) in [4.78, 5) is 11.3. The van der Waals surface area contributed by atoms with Crippen LogP contribution in [0, 0.1) is 0 Å². The second kappa shape index (κ2) is 13.5. The monoisotopic (exact) mass is 815 g/mol. The van der Waals surface area contributed by atoms with Crippen LogP contribution in [-0.4, -0.2) is 23.7 Å². The lowest BCUT2D eigenvalue weighted by atomic mass is 9.93. The molecular weight excluding hydrogens is 779 g/mol. The molecule has 0 amide bonds. The Morgan fingerprint density at radius 3 is 1.30 bits per heavy atom. The molecule has 0 atom stereocenters. The maximum absolute atomic E-state index is 5.65. The van der Waals surface area contributed by atoms with E-state index in [9.17, 15) is 0 Å². The van der Waals surface area contributed by atoms with Gasteiger partial charge >= 0.3 is 0 Å². The molecular formula is C59H37N5. The molecule has 64 heavy (non-hydrogen) atoms. The molecule has 14 rings (SSSR count). The number of hydrogen-bond donors (Lipinski definition) is 0. The van der Waals surface area contributed by atoms with Crippen molar-refractivity contribution in [1.29, 1.82) is 0 Å². The van der Waals surface area contributed by atoms with Crippen molar-refractivity contribution in [3.63, 3.8) is 0 Å². The first kappa shape index (κ1) is 35.1. The summed E-state index contributed by atoms with van der Waals surface area (Å²) < 4.78 is 7.14. The Bertz CT molecular complexity index is 3900. The van der Waals surface area contributed by atoms with Crippen molar-refractivity contribution in [1.82, 2.24) is 23.7 Å². The van der Waals surface area contributed by atoms with E-state index in [1.807, 2.05) is 0 Å². The van der Waals surface area contributed by atoms with Crippen LogP contribution in [0.25, 0.3) is 105 Å². The number of fused-ring (bicyclic) bond motifs is 12. The van der Waals surface area contributed by atoms with Crippen molar-refractivity contribution < 1.29 is 0 Å². The van der Waals surface area contributed by atoms with Crippen LogP contribution >= 0.6 is 0 Å². The van der Waals surface area contributed by atoms with Crippen LogP contribution in [0.2, 0.25) is 0 Å². The lowest BCUT2D eigenvalue weighted by molar-refractivity contribution is 0.912. The van der Waals surface area contributed by atoms with Gasteiger partial charge in [0.1, 0.15) is 5.82 Å². The van der Waals surface area contributed by atoms with E-state index >= 15 is 0 Å². The Labute approximate surface area is 368 Å². The van der Waals surface area contributed by atoms with Gasteiger partial charge < -0.3 is 9.13 Å². The lowest BCUT2D eigenvalue weighted by Crippen LogP contribution is -2.09. The summed E-state index contributed by atoms with van der Waals surface area (Å²) in [5, 5.41) is 7.27. The van der Waals surface area contributed by atoms with Crippen LogP contribution in [0.15, 0.2) is 218 Å². The molecule has 1 aliphatic carbocycles. The molecule has 0 saturated carbocycles. The van der Waals surface area contributed by atoms with Gasteiger partial charge in [-0.15, -0.1) is 0 Å². The first-order chi connectivity index (χ1) is 31.8. The van der Waals surface area contributed by atoms with Gasteiger partial charge in [0, 0.05) is 49.6 Å². The first-order valence-electron chi connectivity index (χ1n) is 22.0. The Morgan fingerprint density at radius 1 is 0.312 bits per heavy atom. The van der Waals surface area contributed by atoms with Crippen LogP contribution in [0.5, 0.6) is 0 Å². The van der Waals surface area contributed by atoms with Crippen LogP contribution in [0.3, 0.4) is 0 Å². The molecule has 9 aromatic carbocycles. The number of rotatable bonds is 5. The summed E-state index contributed by atoms with van der Waals surface area (Å²) in [6.45, 7) is 0. The number of para-hydroxylation sites is 6. The SMILES string of the molecule is c1ccc2c(c1)-c1ccccc1C2c1cc(-n2c3ccccc3c3ccccc32)nc(-c2ccccc2-n2c3ccccc3c3cc(-n4c5ccccc5c5ccccc54)ccc32)n1. The highest BCUT2D eigenvalue weighted by atomic mass is 15.1. The summed E-state index contributed by atoms with van der Waals surface area (Å²) >= 11 is 0. The van der Waals surface area contributed by atoms with E-state index in [1.165, 1.54) is 65.6 Å². The quantitative estimate of drug-likeness (QED) is 0.174. The third kappa shape index (κ3) is 4.95. The Balaban J connectivity index is 1.03. The third-order valence-corrected chi connectivity index (χ3v) is 13.6. The van der Waals surface area contributed by atoms with Crippen molar-refractivity contribution in [2.75, 3.05) is 0 Å². The van der Waals surface area contributed by atoms with Gasteiger partial charge in [0.2, 0.25) is 0 Å². The first-order valence-corrected chi connectivity index (χ1v) is 22.0. The van der Waals surface area contributed by atoms with E-state index in [1.54, 1.807) is 0 Å². The Morgan fingerprint density at radius 2 is 0.734 bits per heavy atom. The highest BCUT2D eigenvalue weighted by Gasteiger charge is 2.32. The maximum atomic E-state index is 5.65. The van der Waals surface area contributed by atoms with Crippen LogP contribution in [-0.2, 0) is 0 Å². The van der Waals surface area contributed by atoms with Gasteiger partial charge in [0.05, 0.1) is 50.4 Å². The molecule has 13 aromatic rings. The van der Waals surface area contributed by atoms with E-state index in [4.69, 9.17) is 9.97 Å². The molecule has 0 spiro atoms. The molecule has 5 heteroatoms. The second-order valence-corrected chi connectivity index (χ2v) is 16.9. The summed E-state index contributed by atoms with van der Waals surface area (Å²) in [7, 11) is 0. The number of nitrogens with zero attached hydrogens (tertiary/aromatic N) is 5. The van der Waals surface area contributed by atoms with Gasteiger partial charge in [-0.3, -0.25) is 4.57 Å².